The quantitative estimate of drug-likeness (QED) is 0.305. The van der Waals surface area contributed by atoms with Gasteiger partial charge in [-0.05, 0) is 25.1 Å². The van der Waals surface area contributed by atoms with Crippen LogP contribution in [0.15, 0.2) is 0 Å². The largest absolute Gasteiger partial charge is 0.616 e. The molecule has 144 valence electrons. The van der Waals surface area contributed by atoms with Gasteiger partial charge in [-0.25, -0.2) is 0 Å². The Hall–Kier alpha value is 0.747. The number of β-lactam (4-membered cyclic amide) rings is 1. The van der Waals surface area contributed by atoms with Gasteiger partial charge >= 0.3 is 0 Å². The number of carbonyl (C=O) groups excluding carboxylic acids is 1. The summed E-state index contributed by atoms with van der Waals surface area (Å²) < 4.78 is 18.7. The number of rotatable bonds is 5. The fraction of sp³-hybridized carbons (Fsp3) is 0.875. The van der Waals surface area contributed by atoms with E-state index in [0.29, 0.717) is 5.25 Å². The predicted molar refractivity (Wildman–Crippen MR) is 117 cm³/mol. The van der Waals surface area contributed by atoms with Gasteiger partial charge in [0.05, 0.1) is 22.6 Å². The van der Waals surface area contributed by atoms with Crippen LogP contribution in [0.25, 0.3) is 0 Å². The van der Waals surface area contributed by atoms with Crippen LogP contribution in [0, 0.1) is 5.92 Å². The molecule has 2 rings (SSSR count). The summed E-state index contributed by atoms with van der Waals surface area (Å²) in [6.45, 7) is 13.0. The van der Waals surface area contributed by atoms with E-state index >= 15 is 0 Å². The molecule has 1 unspecified atom stereocenters. The summed E-state index contributed by atoms with van der Waals surface area (Å²) in [6.07, 6.45) is 0.850. The van der Waals surface area contributed by atoms with Crippen molar-refractivity contribution in [3.63, 3.8) is 0 Å². The van der Waals surface area contributed by atoms with E-state index < -0.39 is 19.5 Å². The van der Waals surface area contributed by atoms with Crippen molar-refractivity contribution in [1.29, 1.82) is 0 Å². The number of carbonyl (C=O) groups is 1. The Morgan fingerprint density at radius 1 is 1.44 bits per heavy atom. The van der Waals surface area contributed by atoms with Gasteiger partial charge in [-0.15, -0.1) is 0 Å². The second-order valence-corrected chi connectivity index (χ2v) is 18.3. The lowest BCUT2D eigenvalue weighted by Gasteiger charge is -2.45. The van der Waals surface area contributed by atoms with Crippen LogP contribution in [0.3, 0.4) is 0 Å². The topological polar surface area (TPSA) is 61.4 Å². The Kier molecular flexibility index (Phi) is 7.41. The van der Waals surface area contributed by atoms with Crippen LogP contribution in [0.4, 0.5) is 0 Å². The maximum absolute atomic E-state index is 12.1. The number of hydrogen-bond donors (Lipinski definition) is 1. The molecule has 0 aromatic carbocycles. The normalized spacial score (nSPS) is 31.4. The van der Waals surface area contributed by atoms with Crippen LogP contribution in [0.2, 0.25) is 18.1 Å². The molecule has 0 aromatic heterocycles. The van der Waals surface area contributed by atoms with E-state index in [2.05, 4.69) is 39.2 Å². The molecule has 2 heterocycles. The van der Waals surface area contributed by atoms with Crippen LogP contribution in [0.1, 0.15) is 34.1 Å². The third-order valence-electron chi connectivity index (χ3n) is 5.23. The van der Waals surface area contributed by atoms with Gasteiger partial charge < -0.3 is 14.3 Å². The Morgan fingerprint density at radius 2 is 2.08 bits per heavy atom. The molecule has 0 aliphatic carbocycles. The van der Waals surface area contributed by atoms with Crippen LogP contribution in [0.5, 0.6) is 0 Å². The average Bonchev–Trinajstić information content (AvgIpc) is 2.80. The summed E-state index contributed by atoms with van der Waals surface area (Å²) in [7, 11) is -1.91. The monoisotopic (exact) mass is 439 g/mol. The van der Waals surface area contributed by atoms with Gasteiger partial charge in [0.2, 0.25) is 5.91 Å². The van der Waals surface area contributed by atoms with Crippen molar-refractivity contribution in [3.05, 3.63) is 0 Å². The van der Waals surface area contributed by atoms with Gasteiger partial charge in [0.25, 0.3) is 0 Å². The second-order valence-electron chi connectivity index (χ2n) is 8.25. The summed E-state index contributed by atoms with van der Waals surface area (Å²) >= 11 is 8.00. The van der Waals surface area contributed by atoms with Gasteiger partial charge in [0.15, 0.2) is 8.32 Å². The van der Waals surface area contributed by atoms with Crippen molar-refractivity contribution < 1.29 is 13.8 Å². The molecule has 0 aromatic rings. The molecule has 4 nitrogen and oxygen atoms in total. The zero-order chi connectivity index (χ0) is 19.0. The van der Waals surface area contributed by atoms with Crippen molar-refractivity contribution >= 4 is 64.7 Å². The first kappa shape index (κ1) is 22.0. The molecule has 9 heteroatoms. The third-order valence-corrected chi connectivity index (χ3v) is 14.4. The molecule has 1 N–H and O–H groups in total. The standard InChI is InChI=1S/C16H29NO3S4Si/c1-10(20-25(5,6)16(2,3)4)12-13(18)17-14(12)23-15(21)22-11-7-8-24(19)9-11/h10-12,14H,7-9H2,1-6H3,(H,17,18)/t10?,11-,12-,14+,24+/m0/s1. The number of thioether (sulfide) groups is 2. The number of thiocarbonyl (C=S) groups is 1. The van der Waals surface area contributed by atoms with Crippen molar-refractivity contribution in [2.24, 2.45) is 5.92 Å². The van der Waals surface area contributed by atoms with Gasteiger partial charge in [-0.2, -0.15) is 0 Å². The van der Waals surface area contributed by atoms with E-state index in [1.165, 1.54) is 0 Å². The lowest BCUT2D eigenvalue weighted by Crippen LogP contribution is -2.62. The summed E-state index contributed by atoms with van der Waals surface area (Å²) in [5, 5.41) is 3.42. The average molecular weight is 440 g/mol. The fourth-order valence-electron chi connectivity index (χ4n) is 2.64. The Morgan fingerprint density at radius 3 is 2.56 bits per heavy atom. The second kappa shape index (κ2) is 8.41. The summed E-state index contributed by atoms with van der Waals surface area (Å²) in [4.78, 5) is 12.1. The molecule has 25 heavy (non-hydrogen) atoms. The zero-order valence-electron chi connectivity index (χ0n) is 15.8. The summed E-state index contributed by atoms with van der Waals surface area (Å²) in [6, 6.07) is 0. The maximum Gasteiger partial charge on any atom is 0.229 e. The van der Waals surface area contributed by atoms with Gasteiger partial charge in [-0.3, -0.25) is 4.79 Å². The molecule has 2 aliphatic rings. The highest BCUT2D eigenvalue weighted by Gasteiger charge is 2.48. The molecule has 1 amide bonds. The molecule has 5 atom stereocenters. The van der Waals surface area contributed by atoms with Crippen molar-refractivity contribution in [2.45, 2.75) is 69.0 Å². The third kappa shape index (κ3) is 5.62. The van der Waals surface area contributed by atoms with Gasteiger partial charge in [0, 0.05) is 6.42 Å². The van der Waals surface area contributed by atoms with E-state index in [-0.39, 0.29) is 28.3 Å². The molecule has 0 saturated carbocycles. The minimum atomic E-state index is -1.91. The molecular formula is C16H29NO3S4Si. The van der Waals surface area contributed by atoms with Gasteiger partial charge in [0.1, 0.15) is 15.0 Å². The fourth-order valence-corrected chi connectivity index (χ4v) is 9.29. The number of nitrogens with one attached hydrogen (secondary N) is 1. The highest BCUT2D eigenvalue weighted by molar-refractivity contribution is 8.47. The smallest absolute Gasteiger partial charge is 0.229 e. The minimum absolute atomic E-state index is 0.0147. The van der Waals surface area contributed by atoms with Crippen molar-refractivity contribution in [1.82, 2.24) is 5.32 Å². The molecule has 0 radical (unpaired) electrons. The van der Waals surface area contributed by atoms with E-state index in [1.54, 1.807) is 23.5 Å². The molecule has 2 saturated heterocycles. The Balaban J connectivity index is 1.88. The number of hydrogen-bond acceptors (Lipinski definition) is 6. The predicted octanol–water partition coefficient (Wildman–Crippen LogP) is 3.74. The maximum atomic E-state index is 12.1. The van der Waals surface area contributed by atoms with E-state index in [1.807, 2.05) is 6.92 Å². The lowest BCUT2D eigenvalue weighted by atomic mass is 9.96. The summed E-state index contributed by atoms with van der Waals surface area (Å²) in [5.74, 6) is 1.41. The SMILES string of the molecule is CC(O[Si](C)(C)C(C)(C)C)[C@H]1C(=O)N[C@@H]1SC(=S)S[C@H]1CC[S@@+]([O-])C1. The summed E-state index contributed by atoms with van der Waals surface area (Å²) in [5.41, 5.74) is 0. The van der Waals surface area contributed by atoms with Gasteiger partial charge in [-0.1, -0.05) is 67.7 Å². The first-order valence-electron chi connectivity index (χ1n) is 8.61. The van der Waals surface area contributed by atoms with Crippen molar-refractivity contribution in [3.8, 4) is 0 Å². The first-order chi connectivity index (χ1) is 11.4. The molecule has 0 bridgehead atoms. The minimum Gasteiger partial charge on any atom is -0.616 e. The lowest BCUT2D eigenvalue weighted by molar-refractivity contribution is -0.136. The molecule has 0 spiro atoms. The first-order valence-corrected chi connectivity index (χ1v) is 15.2. The van der Waals surface area contributed by atoms with E-state index in [9.17, 15) is 9.35 Å². The van der Waals surface area contributed by atoms with Crippen LogP contribution >= 0.6 is 35.7 Å². The van der Waals surface area contributed by atoms with E-state index in [4.69, 9.17) is 16.6 Å². The molecule has 2 aliphatic heterocycles. The Bertz CT molecular complexity index is 526. The molecular weight excluding hydrogens is 411 g/mol. The highest BCUT2D eigenvalue weighted by atomic mass is 32.2. The number of amides is 1. The van der Waals surface area contributed by atoms with Crippen molar-refractivity contribution in [2.75, 3.05) is 11.5 Å². The Labute approximate surface area is 169 Å². The zero-order valence-corrected chi connectivity index (χ0v) is 20.1. The van der Waals surface area contributed by atoms with E-state index in [0.717, 1.165) is 21.5 Å². The highest BCUT2D eigenvalue weighted by Crippen LogP contribution is 2.41. The molecule has 2 fully saturated rings. The van der Waals surface area contributed by atoms with Crippen LogP contribution < -0.4 is 5.32 Å². The van der Waals surface area contributed by atoms with Crippen LogP contribution in [-0.4, -0.2) is 50.5 Å². The van der Waals surface area contributed by atoms with Crippen LogP contribution in [-0.2, 0) is 20.4 Å².